The van der Waals surface area contributed by atoms with E-state index in [2.05, 4.69) is 20.4 Å². The average molecular weight is 355 g/mol. The molecule has 0 unspecified atom stereocenters. The van der Waals surface area contributed by atoms with Crippen LogP contribution in [0, 0.1) is 6.92 Å². The lowest BCUT2D eigenvalue weighted by Crippen LogP contribution is -2.15. The Hall–Kier alpha value is -3.80. The van der Waals surface area contributed by atoms with Gasteiger partial charge in [0.25, 0.3) is 5.91 Å². The van der Waals surface area contributed by atoms with E-state index in [1.807, 2.05) is 73.8 Å². The predicted molar refractivity (Wildman–Crippen MR) is 104 cm³/mol. The van der Waals surface area contributed by atoms with Crippen LogP contribution in [0.5, 0.6) is 0 Å². The van der Waals surface area contributed by atoms with Crippen molar-refractivity contribution in [1.29, 1.82) is 0 Å². The van der Waals surface area contributed by atoms with Gasteiger partial charge in [-0.25, -0.2) is 14.6 Å². The number of amides is 1. The quantitative estimate of drug-likeness (QED) is 0.603. The van der Waals surface area contributed by atoms with E-state index in [4.69, 9.17) is 0 Å². The molecule has 0 aliphatic carbocycles. The molecule has 0 aliphatic heterocycles. The van der Waals surface area contributed by atoms with Gasteiger partial charge in [-0.15, -0.1) is 0 Å². The molecule has 2 aromatic carbocycles. The van der Waals surface area contributed by atoms with Crippen LogP contribution in [-0.4, -0.2) is 25.7 Å². The number of hydrogen-bond acceptors (Lipinski definition) is 4. The average Bonchev–Trinajstić information content (AvgIpc) is 3.24. The van der Waals surface area contributed by atoms with E-state index in [9.17, 15) is 4.79 Å². The maximum Gasteiger partial charge on any atom is 0.259 e. The van der Waals surface area contributed by atoms with Crippen molar-refractivity contribution >= 4 is 11.6 Å². The lowest BCUT2D eigenvalue weighted by atomic mass is 10.1. The molecule has 1 N–H and O–H groups in total. The van der Waals surface area contributed by atoms with Gasteiger partial charge in [-0.3, -0.25) is 4.79 Å². The largest absolute Gasteiger partial charge is 0.322 e. The summed E-state index contributed by atoms with van der Waals surface area (Å²) >= 11 is 0. The van der Waals surface area contributed by atoms with Crippen molar-refractivity contribution < 1.29 is 4.79 Å². The van der Waals surface area contributed by atoms with E-state index in [0.29, 0.717) is 22.8 Å². The summed E-state index contributed by atoms with van der Waals surface area (Å²) in [5.41, 5.74) is 3.45. The Balaban J connectivity index is 1.66. The number of aromatic nitrogens is 4. The van der Waals surface area contributed by atoms with Gasteiger partial charge in [0.15, 0.2) is 0 Å². The second kappa shape index (κ2) is 7.21. The van der Waals surface area contributed by atoms with Crippen LogP contribution >= 0.6 is 0 Å². The third-order valence-electron chi connectivity index (χ3n) is 4.07. The Morgan fingerprint density at radius 3 is 2.67 bits per heavy atom. The van der Waals surface area contributed by atoms with Crippen molar-refractivity contribution in [3.8, 4) is 16.9 Å². The second-order valence-electron chi connectivity index (χ2n) is 6.00. The fraction of sp³-hybridized carbons (Fsp3) is 0.0476. The predicted octanol–water partition coefficient (Wildman–Crippen LogP) is 3.89. The van der Waals surface area contributed by atoms with Crippen LogP contribution in [0.3, 0.4) is 0 Å². The lowest BCUT2D eigenvalue weighted by Gasteiger charge is -2.11. The number of nitrogens with one attached hydrogen (secondary N) is 1. The molecule has 27 heavy (non-hydrogen) atoms. The molecule has 132 valence electrons. The van der Waals surface area contributed by atoms with E-state index >= 15 is 0 Å². The number of nitrogens with zero attached hydrogens (tertiary/aromatic N) is 4. The van der Waals surface area contributed by atoms with Crippen LogP contribution in [0.25, 0.3) is 16.9 Å². The number of aryl methyl sites for hydroxylation is 1. The highest BCUT2D eigenvalue weighted by Crippen LogP contribution is 2.22. The van der Waals surface area contributed by atoms with Crippen LogP contribution in [0.4, 0.5) is 5.69 Å². The summed E-state index contributed by atoms with van der Waals surface area (Å²) in [5.74, 6) is 0.359. The SMILES string of the molecule is Cc1ncc(C(=O)Nc2cccc(-n3cccn3)c2)c(-c2ccccc2)n1. The first-order chi connectivity index (χ1) is 13.2. The third-order valence-corrected chi connectivity index (χ3v) is 4.07. The second-order valence-corrected chi connectivity index (χ2v) is 6.00. The number of anilines is 1. The highest BCUT2D eigenvalue weighted by molar-refractivity contribution is 6.08. The van der Waals surface area contributed by atoms with Gasteiger partial charge in [-0.05, 0) is 31.2 Å². The van der Waals surface area contributed by atoms with Crippen LogP contribution in [-0.2, 0) is 0 Å². The molecule has 0 atom stereocenters. The van der Waals surface area contributed by atoms with Gasteiger partial charge in [0.2, 0.25) is 0 Å². The topological polar surface area (TPSA) is 72.7 Å². The van der Waals surface area contributed by atoms with E-state index in [1.54, 1.807) is 17.1 Å². The molecule has 0 fully saturated rings. The lowest BCUT2D eigenvalue weighted by molar-refractivity contribution is 0.102. The minimum atomic E-state index is -0.258. The molecule has 0 spiro atoms. The van der Waals surface area contributed by atoms with E-state index in [1.165, 1.54) is 0 Å². The van der Waals surface area contributed by atoms with Crippen LogP contribution in [0.1, 0.15) is 16.2 Å². The summed E-state index contributed by atoms with van der Waals surface area (Å²) in [6, 6.07) is 19.0. The van der Waals surface area contributed by atoms with Crippen molar-refractivity contribution in [2.24, 2.45) is 0 Å². The maximum absolute atomic E-state index is 12.9. The summed E-state index contributed by atoms with van der Waals surface area (Å²) in [6.07, 6.45) is 5.13. The molecule has 1 amide bonds. The monoisotopic (exact) mass is 355 g/mol. The van der Waals surface area contributed by atoms with Gasteiger partial charge in [-0.1, -0.05) is 36.4 Å². The van der Waals surface area contributed by atoms with Crippen molar-refractivity contribution in [2.75, 3.05) is 5.32 Å². The molecule has 4 aromatic rings. The van der Waals surface area contributed by atoms with Crippen LogP contribution < -0.4 is 5.32 Å². The molecule has 2 aromatic heterocycles. The number of carbonyl (C=O) groups excluding carboxylic acids is 1. The number of rotatable bonds is 4. The first kappa shape index (κ1) is 16.7. The summed E-state index contributed by atoms with van der Waals surface area (Å²) in [7, 11) is 0. The zero-order valence-electron chi connectivity index (χ0n) is 14.7. The molecular weight excluding hydrogens is 338 g/mol. The Kier molecular flexibility index (Phi) is 4.45. The molecule has 2 heterocycles. The zero-order chi connectivity index (χ0) is 18.6. The third kappa shape index (κ3) is 3.59. The smallest absolute Gasteiger partial charge is 0.259 e. The number of carbonyl (C=O) groups is 1. The molecule has 0 bridgehead atoms. The van der Waals surface area contributed by atoms with E-state index in [-0.39, 0.29) is 5.91 Å². The normalized spacial score (nSPS) is 10.6. The summed E-state index contributed by atoms with van der Waals surface area (Å²) < 4.78 is 1.74. The molecule has 0 saturated carbocycles. The van der Waals surface area contributed by atoms with E-state index in [0.717, 1.165) is 11.3 Å². The van der Waals surface area contributed by atoms with Gasteiger partial charge >= 0.3 is 0 Å². The van der Waals surface area contributed by atoms with Crippen molar-refractivity contribution in [3.05, 3.63) is 90.6 Å². The minimum Gasteiger partial charge on any atom is -0.322 e. The van der Waals surface area contributed by atoms with Gasteiger partial charge in [0.1, 0.15) is 5.82 Å². The van der Waals surface area contributed by atoms with Crippen molar-refractivity contribution in [3.63, 3.8) is 0 Å². The molecular formula is C21H17N5O. The highest BCUT2D eigenvalue weighted by atomic mass is 16.1. The Morgan fingerprint density at radius 2 is 1.89 bits per heavy atom. The maximum atomic E-state index is 12.9. The van der Waals surface area contributed by atoms with Crippen molar-refractivity contribution in [2.45, 2.75) is 6.92 Å². The fourth-order valence-corrected chi connectivity index (χ4v) is 2.80. The van der Waals surface area contributed by atoms with E-state index < -0.39 is 0 Å². The number of hydrogen-bond donors (Lipinski definition) is 1. The van der Waals surface area contributed by atoms with Gasteiger partial charge < -0.3 is 5.32 Å². The van der Waals surface area contributed by atoms with Gasteiger partial charge in [0.05, 0.1) is 16.9 Å². The molecule has 0 aliphatic rings. The Bertz CT molecular complexity index is 1070. The first-order valence-corrected chi connectivity index (χ1v) is 8.51. The molecule has 0 saturated heterocycles. The molecule has 6 heteroatoms. The van der Waals surface area contributed by atoms with Crippen molar-refractivity contribution in [1.82, 2.24) is 19.7 Å². The summed E-state index contributed by atoms with van der Waals surface area (Å²) in [4.78, 5) is 21.6. The summed E-state index contributed by atoms with van der Waals surface area (Å²) in [5, 5.41) is 7.14. The Labute approximate surface area is 156 Å². The molecule has 0 radical (unpaired) electrons. The summed E-state index contributed by atoms with van der Waals surface area (Å²) in [6.45, 7) is 1.81. The standard InChI is InChI=1S/C21H17N5O/c1-15-22-14-19(20(24-15)16-7-3-2-4-8-16)21(27)25-17-9-5-10-18(13-17)26-12-6-11-23-26/h2-14H,1H3,(H,25,27). The molecule has 4 rings (SSSR count). The molecule has 6 nitrogen and oxygen atoms in total. The first-order valence-electron chi connectivity index (χ1n) is 8.51. The number of benzene rings is 2. The Morgan fingerprint density at radius 1 is 1.04 bits per heavy atom. The minimum absolute atomic E-state index is 0.258. The highest BCUT2D eigenvalue weighted by Gasteiger charge is 2.16. The van der Waals surface area contributed by atoms with Crippen LogP contribution in [0.2, 0.25) is 0 Å². The van der Waals surface area contributed by atoms with Gasteiger partial charge in [0, 0.05) is 29.8 Å². The fourth-order valence-electron chi connectivity index (χ4n) is 2.80. The zero-order valence-corrected chi connectivity index (χ0v) is 14.7. The van der Waals surface area contributed by atoms with Crippen LogP contribution in [0.15, 0.2) is 79.3 Å². The van der Waals surface area contributed by atoms with Gasteiger partial charge in [-0.2, -0.15) is 5.10 Å².